The lowest BCUT2D eigenvalue weighted by Crippen LogP contribution is -2.16. The lowest BCUT2D eigenvalue weighted by molar-refractivity contribution is -0.122. The van der Waals surface area contributed by atoms with Crippen molar-refractivity contribution >= 4 is 5.78 Å². The van der Waals surface area contributed by atoms with E-state index in [0.29, 0.717) is 5.56 Å². The van der Waals surface area contributed by atoms with Gasteiger partial charge in [0.25, 0.3) is 0 Å². The normalized spacial score (nSPS) is 10.9. The summed E-state index contributed by atoms with van der Waals surface area (Å²) in [5.74, 6) is -1.58. The van der Waals surface area contributed by atoms with Crippen molar-refractivity contribution in [3.05, 3.63) is 35.4 Å². The quantitative estimate of drug-likeness (QED) is 0.709. The molecule has 0 atom stereocenters. The van der Waals surface area contributed by atoms with Crippen LogP contribution in [0.1, 0.15) is 45.1 Å². The van der Waals surface area contributed by atoms with Crippen molar-refractivity contribution in [3.63, 3.8) is 0 Å². The van der Waals surface area contributed by atoms with Gasteiger partial charge in [-0.2, -0.15) is 0 Å². The maximum absolute atomic E-state index is 13.0. The molecule has 0 saturated carbocycles. The number of hydrogen-bond acceptors (Lipinski definition) is 1. The number of hydrogen-bond donors (Lipinski definition) is 0. The van der Waals surface area contributed by atoms with Crippen LogP contribution in [0.25, 0.3) is 0 Å². The SMILES string of the molecule is CCCC(CCC)C(=O)Cc1ccc(F)c(F)c1. The second-order valence-corrected chi connectivity index (χ2v) is 4.67. The van der Waals surface area contributed by atoms with Gasteiger partial charge >= 0.3 is 0 Å². The van der Waals surface area contributed by atoms with Crippen molar-refractivity contribution in [2.24, 2.45) is 5.92 Å². The lowest BCUT2D eigenvalue weighted by atomic mass is 9.90. The van der Waals surface area contributed by atoms with Gasteiger partial charge in [-0.25, -0.2) is 8.78 Å². The summed E-state index contributed by atoms with van der Waals surface area (Å²) < 4.78 is 25.8. The Bertz CT molecular complexity index is 395. The van der Waals surface area contributed by atoms with Crippen LogP contribution in [-0.4, -0.2) is 5.78 Å². The van der Waals surface area contributed by atoms with Gasteiger partial charge in [-0.15, -0.1) is 0 Å². The van der Waals surface area contributed by atoms with E-state index in [-0.39, 0.29) is 18.1 Å². The molecule has 0 N–H and O–H groups in total. The van der Waals surface area contributed by atoms with Gasteiger partial charge in [-0.3, -0.25) is 4.79 Å². The van der Waals surface area contributed by atoms with Gasteiger partial charge in [0.1, 0.15) is 5.78 Å². The molecule has 0 aliphatic carbocycles. The van der Waals surface area contributed by atoms with Gasteiger partial charge in [-0.05, 0) is 30.5 Å². The minimum Gasteiger partial charge on any atom is -0.299 e. The number of ketones is 1. The Morgan fingerprint density at radius 3 is 2.22 bits per heavy atom. The topological polar surface area (TPSA) is 17.1 Å². The zero-order chi connectivity index (χ0) is 13.5. The standard InChI is InChI=1S/C15H20F2O/c1-3-5-12(6-4-2)15(18)10-11-7-8-13(16)14(17)9-11/h7-9,12H,3-6,10H2,1-2H3. The van der Waals surface area contributed by atoms with E-state index in [1.54, 1.807) is 0 Å². The number of rotatable bonds is 7. The minimum atomic E-state index is -0.886. The van der Waals surface area contributed by atoms with E-state index in [0.717, 1.165) is 37.8 Å². The second-order valence-electron chi connectivity index (χ2n) is 4.67. The third kappa shape index (κ3) is 4.21. The molecule has 0 aromatic heterocycles. The highest BCUT2D eigenvalue weighted by Gasteiger charge is 2.17. The highest BCUT2D eigenvalue weighted by Crippen LogP contribution is 2.18. The maximum Gasteiger partial charge on any atom is 0.159 e. The fourth-order valence-corrected chi connectivity index (χ4v) is 2.16. The predicted octanol–water partition coefficient (Wildman–Crippen LogP) is 4.29. The number of carbonyl (C=O) groups excluding carboxylic acids is 1. The molecule has 0 radical (unpaired) electrons. The summed E-state index contributed by atoms with van der Waals surface area (Å²) in [6.45, 7) is 4.10. The van der Waals surface area contributed by atoms with Crippen LogP contribution >= 0.6 is 0 Å². The van der Waals surface area contributed by atoms with E-state index in [1.165, 1.54) is 6.07 Å². The van der Waals surface area contributed by atoms with Gasteiger partial charge in [0.15, 0.2) is 11.6 Å². The highest BCUT2D eigenvalue weighted by molar-refractivity contribution is 5.83. The molecule has 0 heterocycles. The summed E-state index contributed by atoms with van der Waals surface area (Å²) >= 11 is 0. The van der Waals surface area contributed by atoms with Crippen LogP contribution in [0.4, 0.5) is 8.78 Å². The van der Waals surface area contributed by atoms with E-state index >= 15 is 0 Å². The molecule has 1 nitrogen and oxygen atoms in total. The average Bonchev–Trinajstić information content (AvgIpc) is 2.33. The second kappa shape index (κ2) is 7.24. The molecule has 1 aromatic rings. The molecule has 0 saturated heterocycles. The van der Waals surface area contributed by atoms with Crippen LogP contribution in [0.3, 0.4) is 0 Å². The zero-order valence-corrected chi connectivity index (χ0v) is 11.0. The largest absolute Gasteiger partial charge is 0.299 e. The molecule has 0 unspecified atom stereocenters. The summed E-state index contributed by atoms with van der Waals surface area (Å²) in [6.07, 6.45) is 3.87. The number of halogens is 2. The Balaban J connectivity index is 2.69. The molecule has 18 heavy (non-hydrogen) atoms. The van der Waals surface area contributed by atoms with Crippen LogP contribution in [0.5, 0.6) is 0 Å². The average molecular weight is 254 g/mol. The van der Waals surface area contributed by atoms with Gasteiger partial charge in [0, 0.05) is 12.3 Å². The first-order valence-corrected chi connectivity index (χ1v) is 6.55. The molecule has 0 aliphatic heterocycles. The van der Waals surface area contributed by atoms with Gasteiger partial charge in [-0.1, -0.05) is 32.8 Å². The van der Waals surface area contributed by atoms with Crippen LogP contribution in [0.15, 0.2) is 18.2 Å². The van der Waals surface area contributed by atoms with E-state index in [2.05, 4.69) is 0 Å². The van der Waals surface area contributed by atoms with Gasteiger partial charge in [0.05, 0.1) is 0 Å². The number of benzene rings is 1. The molecular formula is C15H20F2O. The van der Waals surface area contributed by atoms with Gasteiger partial charge < -0.3 is 0 Å². The summed E-state index contributed by atoms with van der Waals surface area (Å²) in [4.78, 5) is 12.1. The molecule has 0 bridgehead atoms. The lowest BCUT2D eigenvalue weighted by Gasteiger charge is -2.13. The number of carbonyl (C=O) groups is 1. The van der Waals surface area contributed by atoms with Crippen molar-refractivity contribution in [1.82, 2.24) is 0 Å². The molecule has 3 heteroatoms. The van der Waals surface area contributed by atoms with Gasteiger partial charge in [0.2, 0.25) is 0 Å². The Hall–Kier alpha value is -1.25. The molecule has 100 valence electrons. The van der Waals surface area contributed by atoms with E-state index in [4.69, 9.17) is 0 Å². The van der Waals surface area contributed by atoms with E-state index in [1.807, 2.05) is 13.8 Å². The fraction of sp³-hybridized carbons (Fsp3) is 0.533. The molecule has 0 amide bonds. The number of Topliss-reactive ketones (excluding diaryl/α,β-unsaturated/α-hetero) is 1. The monoisotopic (exact) mass is 254 g/mol. The molecule has 0 aliphatic rings. The first-order valence-electron chi connectivity index (χ1n) is 6.55. The van der Waals surface area contributed by atoms with Crippen molar-refractivity contribution in [1.29, 1.82) is 0 Å². The van der Waals surface area contributed by atoms with Crippen LogP contribution in [0, 0.1) is 17.6 Å². The Morgan fingerprint density at radius 1 is 1.11 bits per heavy atom. The van der Waals surface area contributed by atoms with Crippen LogP contribution < -0.4 is 0 Å². The predicted molar refractivity (Wildman–Crippen MR) is 68.4 cm³/mol. The molecule has 0 spiro atoms. The molecule has 1 aromatic carbocycles. The van der Waals surface area contributed by atoms with Crippen molar-refractivity contribution in [3.8, 4) is 0 Å². The first-order chi connectivity index (χ1) is 8.58. The highest BCUT2D eigenvalue weighted by atomic mass is 19.2. The zero-order valence-electron chi connectivity index (χ0n) is 11.0. The first kappa shape index (κ1) is 14.8. The maximum atomic E-state index is 13.0. The molecule has 1 rings (SSSR count). The fourth-order valence-electron chi connectivity index (χ4n) is 2.16. The van der Waals surface area contributed by atoms with E-state index in [9.17, 15) is 13.6 Å². The third-order valence-corrected chi connectivity index (χ3v) is 3.09. The summed E-state index contributed by atoms with van der Waals surface area (Å²) in [5.41, 5.74) is 0.552. The Kier molecular flexibility index (Phi) is 5.96. The summed E-state index contributed by atoms with van der Waals surface area (Å²) in [7, 11) is 0. The third-order valence-electron chi connectivity index (χ3n) is 3.09. The smallest absolute Gasteiger partial charge is 0.159 e. The van der Waals surface area contributed by atoms with Crippen molar-refractivity contribution < 1.29 is 13.6 Å². The van der Waals surface area contributed by atoms with E-state index < -0.39 is 11.6 Å². The Labute approximate surface area is 107 Å². The van der Waals surface area contributed by atoms with Crippen LogP contribution in [0.2, 0.25) is 0 Å². The molecule has 0 fully saturated rings. The van der Waals surface area contributed by atoms with Crippen molar-refractivity contribution in [2.75, 3.05) is 0 Å². The Morgan fingerprint density at radius 2 is 1.72 bits per heavy atom. The molecular weight excluding hydrogens is 234 g/mol. The van der Waals surface area contributed by atoms with Crippen molar-refractivity contribution in [2.45, 2.75) is 46.0 Å². The summed E-state index contributed by atoms with van der Waals surface area (Å²) in [6, 6.07) is 3.67. The summed E-state index contributed by atoms with van der Waals surface area (Å²) in [5, 5.41) is 0. The van der Waals surface area contributed by atoms with Crippen LogP contribution in [-0.2, 0) is 11.2 Å². The minimum absolute atomic E-state index is 0.0492.